The van der Waals surface area contributed by atoms with Gasteiger partial charge >= 0.3 is 5.97 Å². The van der Waals surface area contributed by atoms with Crippen molar-refractivity contribution in [2.45, 2.75) is 25.7 Å². The molecule has 0 aromatic heterocycles. The predicted octanol–water partition coefficient (Wildman–Crippen LogP) is 3.61. The van der Waals surface area contributed by atoms with Crippen molar-refractivity contribution >= 4 is 35.1 Å². The van der Waals surface area contributed by atoms with Crippen molar-refractivity contribution in [3.8, 4) is 0 Å². The molecule has 114 valence electrons. The van der Waals surface area contributed by atoms with Crippen LogP contribution < -0.4 is 5.32 Å². The number of hydrogen-bond acceptors (Lipinski definition) is 2. The highest BCUT2D eigenvalue weighted by atomic mass is 35.5. The Labute approximate surface area is 133 Å². The van der Waals surface area contributed by atoms with Crippen LogP contribution in [0.5, 0.6) is 0 Å². The third-order valence-corrected chi connectivity index (χ3v) is 4.47. The Balaban J connectivity index is 1.83. The van der Waals surface area contributed by atoms with Gasteiger partial charge in [-0.05, 0) is 49.8 Å². The summed E-state index contributed by atoms with van der Waals surface area (Å²) < 4.78 is 0. The van der Waals surface area contributed by atoms with E-state index < -0.39 is 5.97 Å². The van der Waals surface area contributed by atoms with Crippen LogP contribution in [0.15, 0.2) is 18.2 Å². The Kier molecular flexibility index (Phi) is 5.48. The highest BCUT2D eigenvalue weighted by molar-refractivity contribution is 6.36. The van der Waals surface area contributed by atoms with Crippen LogP contribution in [0, 0.1) is 11.8 Å². The molecule has 0 bridgehead atoms. The van der Waals surface area contributed by atoms with Crippen LogP contribution in [0.25, 0.3) is 0 Å². The molecule has 0 unspecified atom stereocenters. The van der Waals surface area contributed by atoms with E-state index in [1.54, 1.807) is 12.1 Å². The van der Waals surface area contributed by atoms with Crippen molar-refractivity contribution in [2.75, 3.05) is 6.54 Å². The van der Waals surface area contributed by atoms with Crippen molar-refractivity contribution in [3.63, 3.8) is 0 Å². The van der Waals surface area contributed by atoms with E-state index in [-0.39, 0.29) is 11.8 Å². The lowest BCUT2D eigenvalue weighted by Gasteiger charge is -2.26. The summed E-state index contributed by atoms with van der Waals surface area (Å²) in [5.41, 5.74) is 0.403. The minimum absolute atomic E-state index is 0.225. The molecule has 1 aliphatic rings. The fraction of sp³-hybridized carbons (Fsp3) is 0.467. The number of nitrogens with one attached hydrogen (secondary N) is 1. The minimum Gasteiger partial charge on any atom is -0.481 e. The fourth-order valence-electron chi connectivity index (χ4n) is 2.62. The SMILES string of the molecule is O=C(NCC1CCC(C(=O)O)CC1)c1ccc(Cl)cc1Cl. The van der Waals surface area contributed by atoms with Crippen LogP contribution in [-0.2, 0) is 4.79 Å². The van der Waals surface area contributed by atoms with Gasteiger partial charge in [-0.2, -0.15) is 0 Å². The Morgan fingerprint density at radius 1 is 1.19 bits per heavy atom. The Morgan fingerprint density at radius 2 is 1.86 bits per heavy atom. The number of benzene rings is 1. The molecule has 2 rings (SSSR count). The lowest BCUT2D eigenvalue weighted by molar-refractivity contribution is -0.143. The van der Waals surface area contributed by atoms with Gasteiger partial charge in [0.2, 0.25) is 0 Å². The van der Waals surface area contributed by atoms with E-state index in [2.05, 4.69) is 5.32 Å². The molecule has 1 aromatic carbocycles. The number of hydrogen-bond donors (Lipinski definition) is 2. The summed E-state index contributed by atoms with van der Waals surface area (Å²) in [6.07, 6.45) is 3.01. The summed E-state index contributed by atoms with van der Waals surface area (Å²) in [7, 11) is 0. The second-order valence-electron chi connectivity index (χ2n) is 5.39. The molecule has 21 heavy (non-hydrogen) atoms. The topological polar surface area (TPSA) is 66.4 Å². The largest absolute Gasteiger partial charge is 0.481 e. The van der Waals surface area contributed by atoms with Crippen LogP contribution in [0.3, 0.4) is 0 Å². The highest BCUT2D eigenvalue weighted by Gasteiger charge is 2.26. The second-order valence-corrected chi connectivity index (χ2v) is 6.23. The smallest absolute Gasteiger partial charge is 0.306 e. The van der Waals surface area contributed by atoms with Gasteiger partial charge in [0.05, 0.1) is 16.5 Å². The molecule has 6 heteroatoms. The molecule has 1 saturated carbocycles. The van der Waals surface area contributed by atoms with Gasteiger partial charge in [0.25, 0.3) is 5.91 Å². The molecule has 1 amide bonds. The monoisotopic (exact) mass is 329 g/mol. The third kappa shape index (κ3) is 4.35. The number of aliphatic carboxylic acids is 1. The molecule has 1 fully saturated rings. The molecule has 0 atom stereocenters. The molecule has 0 aliphatic heterocycles. The number of carbonyl (C=O) groups excluding carboxylic acids is 1. The van der Waals surface area contributed by atoms with Crippen LogP contribution in [0.1, 0.15) is 36.0 Å². The first-order valence-corrected chi connectivity index (χ1v) is 7.69. The predicted molar refractivity (Wildman–Crippen MR) is 81.9 cm³/mol. The van der Waals surface area contributed by atoms with Crippen LogP contribution in [0.2, 0.25) is 10.0 Å². The van der Waals surface area contributed by atoms with Crippen molar-refractivity contribution < 1.29 is 14.7 Å². The Morgan fingerprint density at radius 3 is 2.43 bits per heavy atom. The summed E-state index contributed by atoms with van der Waals surface area (Å²) in [6, 6.07) is 4.76. The molecule has 0 saturated heterocycles. The molecule has 0 radical (unpaired) electrons. The lowest BCUT2D eigenvalue weighted by Crippen LogP contribution is -2.32. The maximum absolute atomic E-state index is 12.1. The highest BCUT2D eigenvalue weighted by Crippen LogP contribution is 2.28. The summed E-state index contributed by atoms with van der Waals surface area (Å²) in [5, 5.41) is 12.6. The zero-order chi connectivity index (χ0) is 15.4. The standard InChI is InChI=1S/C15H17Cl2NO3/c16-11-5-6-12(13(17)7-11)14(19)18-8-9-1-3-10(4-2-9)15(20)21/h5-7,9-10H,1-4,8H2,(H,18,19)(H,20,21). The van der Waals surface area contributed by atoms with Crippen molar-refractivity contribution in [1.82, 2.24) is 5.32 Å². The van der Waals surface area contributed by atoms with Gasteiger partial charge in [0.1, 0.15) is 0 Å². The number of carbonyl (C=O) groups is 2. The van der Waals surface area contributed by atoms with Gasteiger partial charge in [-0.1, -0.05) is 23.2 Å². The zero-order valence-corrected chi connectivity index (χ0v) is 13.0. The molecule has 4 nitrogen and oxygen atoms in total. The van der Waals surface area contributed by atoms with E-state index in [4.69, 9.17) is 28.3 Å². The van der Waals surface area contributed by atoms with E-state index in [1.807, 2.05) is 0 Å². The fourth-order valence-corrected chi connectivity index (χ4v) is 3.11. The van der Waals surface area contributed by atoms with Crippen molar-refractivity contribution in [3.05, 3.63) is 33.8 Å². The first-order chi connectivity index (χ1) is 9.97. The molecule has 1 aliphatic carbocycles. The normalized spacial score (nSPS) is 21.8. The van der Waals surface area contributed by atoms with E-state index in [9.17, 15) is 9.59 Å². The van der Waals surface area contributed by atoms with Gasteiger partial charge in [0.15, 0.2) is 0 Å². The number of halogens is 2. The molecule has 2 N–H and O–H groups in total. The first-order valence-electron chi connectivity index (χ1n) is 6.93. The van der Waals surface area contributed by atoms with Gasteiger partial charge in [0, 0.05) is 11.6 Å². The average Bonchev–Trinajstić information content (AvgIpc) is 2.45. The quantitative estimate of drug-likeness (QED) is 0.886. The summed E-state index contributed by atoms with van der Waals surface area (Å²) in [4.78, 5) is 22.9. The molecular formula is C15H17Cl2NO3. The summed E-state index contributed by atoms with van der Waals surface area (Å²) in [5.74, 6) is -0.847. The van der Waals surface area contributed by atoms with Crippen LogP contribution in [0.4, 0.5) is 0 Å². The van der Waals surface area contributed by atoms with Gasteiger partial charge in [-0.3, -0.25) is 9.59 Å². The van der Waals surface area contributed by atoms with E-state index in [1.165, 1.54) is 6.07 Å². The molecular weight excluding hydrogens is 313 g/mol. The Bertz CT molecular complexity index is 540. The van der Waals surface area contributed by atoms with E-state index in [0.29, 0.717) is 40.9 Å². The summed E-state index contributed by atoms with van der Waals surface area (Å²) >= 11 is 11.8. The number of carboxylic acids is 1. The number of amides is 1. The van der Waals surface area contributed by atoms with Gasteiger partial charge in [-0.25, -0.2) is 0 Å². The second kappa shape index (κ2) is 7.14. The Hall–Kier alpha value is -1.26. The minimum atomic E-state index is -0.717. The average molecular weight is 330 g/mol. The number of rotatable bonds is 4. The van der Waals surface area contributed by atoms with E-state index >= 15 is 0 Å². The molecule has 0 spiro atoms. The lowest BCUT2D eigenvalue weighted by atomic mass is 9.82. The van der Waals surface area contributed by atoms with Gasteiger partial charge < -0.3 is 10.4 Å². The van der Waals surface area contributed by atoms with E-state index in [0.717, 1.165) is 12.8 Å². The first kappa shape index (κ1) is 16.1. The van der Waals surface area contributed by atoms with Crippen molar-refractivity contribution in [1.29, 1.82) is 0 Å². The maximum atomic E-state index is 12.1. The van der Waals surface area contributed by atoms with Gasteiger partial charge in [-0.15, -0.1) is 0 Å². The zero-order valence-electron chi connectivity index (χ0n) is 11.4. The van der Waals surface area contributed by atoms with Crippen LogP contribution in [-0.4, -0.2) is 23.5 Å². The third-order valence-electron chi connectivity index (χ3n) is 3.92. The molecule has 0 heterocycles. The number of carboxylic acid groups (broad SMARTS) is 1. The van der Waals surface area contributed by atoms with Crippen LogP contribution >= 0.6 is 23.2 Å². The summed E-state index contributed by atoms with van der Waals surface area (Å²) in [6.45, 7) is 0.546. The maximum Gasteiger partial charge on any atom is 0.306 e. The van der Waals surface area contributed by atoms with Crippen molar-refractivity contribution in [2.24, 2.45) is 11.8 Å². The molecule has 1 aromatic rings.